The van der Waals surface area contributed by atoms with Crippen LogP contribution in [-0.4, -0.2) is 96.7 Å². The number of aliphatic hydroxyl groups is 1. The van der Waals surface area contributed by atoms with Crippen LogP contribution in [0.25, 0.3) is 0 Å². The Morgan fingerprint density at radius 2 is 0.530 bits per heavy atom. The van der Waals surface area contributed by atoms with E-state index < -0.39 is 97.5 Å². The molecule has 572 valence electrons. The molecule has 5 unspecified atom stereocenters. The van der Waals surface area contributed by atoms with Gasteiger partial charge >= 0.3 is 39.5 Å². The van der Waals surface area contributed by atoms with Gasteiger partial charge in [0.2, 0.25) is 0 Å². The number of carbonyl (C=O) groups excluding carboxylic acids is 4. The molecule has 5 atom stereocenters. The van der Waals surface area contributed by atoms with Crippen LogP contribution in [0.2, 0.25) is 0 Å². The van der Waals surface area contributed by atoms with E-state index in [0.29, 0.717) is 25.7 Å². The summed E-state index contributed by atoms with van der Waals surface area (Å²) in [6.07, 6.45) is 80.1. The maximum absolute atomic E-state index is 13.1. The Morgan fingerprint density at radius 3 is 0.850 bits per heavy atom. The molecule has 0 aromatic rings. The number of ether oxygens (including phenoxy) is 4. The van der Waals surface area contributed by atoms with Gasteiger partial charge in [0.25, 0.3) is 0 Å². The van der Waals surface area contributed by atoms with Gasteiger partial charge in [0.15, 0.2) is 12.2 Å². The second kappa shape index (κ2) is 72.5. The van der Waals surface area contributed by atoms with E-state index in [1.165, 1.54) is 32.1 Å². The smallest absolute Gasteiger partial charge is 0.462 e. The molecule has 0 rings (SSSR count). The van der Waals surface area contributed by atoms with Gasteiger partial charge in [-0.05, 0) is 154 Å². The first-order valence-corrected chi connectivity index (χ1v) is 41.4. The fourth-order valence-electron chi connectivity index (χ4n) is 9.74. The minimum absolute atomic E-state index is 0.0639. The standard InChI is InChI=1S/C81H136O17P2/c1-5-9-13-17-21-25-29-32-35-36-37-38-41-43-47-50-54-58-62-66-79(84)92-72-77(98-81(86)68-64-60-56-52-48-44-40-34-31-27-23-19-15-11-7-3)74-96-100(89,90)94-70-75(82)69-93-99(87,88)95-73-76(97-80(85)67-63-59-55-51-45-28-24-20-16-12-8-4)71-91-78(83)65-61-57-53-49-46-42-39-33-30-26-22-18-14-10-6-2/h9,11,13,15,20-27,32-35,37-40,43,47,75-77,82H,5-8,10,12,14,16-19,28-31,36,41-42,44-46,48-74H2,1-4H3,(H,87,88)(H,89,90)/b13-9-,15-11-,24-20-,25-21-,26-22-,27-23-,35-32-,38-37-,39-33-,40-34-,47-43-. The van der Waals surface area contributed by atoms with Gasteiger partial charge in [0.1, 0.15) is 19.3 Å². The first kappa shape index (κ1) is 95.2. The summed E-state index contributed by atoms with van der Waals surface area (Å²) >= 11 is 0. The Morgan fingerprint density at radius 1 is 0.290 bits per heavy atom. The van der Waals surface area contributed by atoms with Crippen LogP contribution in [0.3, 0.4) is 0 Å². The van der Waals surface area contributed by atoms with E-state index >= 15 is 0 Å². The number of allylic oxidation sites excluding steroid dienone is 22. The molecule has 0 aliphatic carbocycles. The zero-order valence-corrected chi connectivity index (χ0v) is 64.1. The van der Waals surface area contributed by atoms with Crippen LogP contribution >= 0.6 is 15.6 Å². The summed E-state index contributed by atoms with van der Waals surface area (Å²) < 4.78 is 68.4. The van der Waals surface area contributed by atoms with E-state index in [-0.39, 0.29) is 25.7 Å². The molecule has 0 aromatic heterocycles. The highest BCUT2D eigenvalue weighted by atomic mass is 31.2. The average molecular weight is 1440 g/mol. The predicted molar refractivity (Wildman–Crippen MR) is 408 cm³/mol. The minimum Gasteiger partial charge on any atom is -0.462 e. The van der Waals surface area contributed by atoms with Crippen LogP contribution in [-0.2, 0) is 65.4 Å². The summed E-state index contributed by atoms with van der Waals surface area (Å²) in [7, 11) is -9.97. The lowest BCUT2D eigenvalue weighted by Gasteiger charge is -2.21. The van der Waals surface area contributed by atoms with Gasteiger partial charge < -0.3 is 33.8 Å². The van der Waals surface area contributed by atoms with Crippen LogP contribution in [0.1, 0.15) is 297 Å². The third kappa shape index (κ3) is 71.6. The number of phosphoric ester groups is 2. The van der Waals surface area contributed by atoms with E-state index in [0.717, 1.165) is 186 Å². The van der Waals surface area contributed by atoms with Crippen molar-refractivity contribution in [2.75, 3.05) is 39.6 Å². The van der Waals surface area contributed by atoms with Crippen molar-refractivity contribution in [3.8, 4) is 0 Å². The lowest BCUT2D eigenvalue weighted by Crippen LogP contribution is -2.30. The monoisotopic (exact) mass is 1440 g/mol. The molecule has 0 aliphatic rings. The average Bonchev–Trinajstić information content (AvgIpc) is 0.985. The molecule has 0 fully saturated rings. The summed E-state index contributed by atoms with van der Waals surface area (Å²) in [4.78, 5) is 72.8. The van der Waals surface area contributed by atoms with Crippen molar-refractivity contribution >= 4 is 39.5 Å². The molecular weight excluding hydrogens is 1310 g/mol. The van der Waals surface area contributed by atoms with Gasteiger partial charge in [-0.3, -0.25) is 37.3 Å². The number of phosphoric acid groups is 2. The number of hydrogen-bond acceptors (Lipinski definition) is 15. The molecule has 0 amide bonds. The molecule has 0 aromatic carbocycles. The second-order valence-corrected chi connectivity index (χ2v) is 28.1. The third-order valence-corrected chi connectivity index (χ3v) is 17.5. The fourth-order valence-corrected chi connectivity index (χ4v) is 11.3. The van der Waals surface area contributed by atoms with Crippen LogP contribution in [0, 0.1) is 0 Å². The van der Waals surface area contributed by atoms with Crippen molar-refractivity contribution in [2.45, 2.75) is 316 Å². The number of carbonyl (C=O) groups is 4. The van der Waals surface area contributed by atoms with E-state index in [1.807, 2.05) is 0 Å². The first-order chi connectivity index (χ1) is 48.7. The van der Waals surface area contributed by atoms with Crippen molar-refractivity contribution in [2.24, 2.45) is 0 Å². The van der Waals surface area contributed by atoms with E-state index in [1.54, 1.807) is 0 Å². The fraction of sp³-hybridized carbons (Fsp3) is 0.679. The van der Waals surface area contributed by atoms with Gasteiger partial charge in [-0.25, -0.2) is 9.13 Å². The maximum atomic E-state index is 13.1. The molecular formula is C81H136O17P2. The number of esters is 4. The van der Waals surface area contributed by atoms with Crippen LogP contribution < -0.4 is 0 Å². The SMILES string of the molecule is CC/C=C\C/C=C\C/C=C\C/C=C\C/C=C\CCCCCC(=O)OCC(COP(=O)(O)OCC(O)COP(=O)(O)OCC(COC(=O)CCCCCCC/C=C\C/C=C\CCCCC)OC(=O)CCCCCCC/C=C\CCCC)OC(=O)CCCCCCC/C=C\C/C=C\C/C=C\CC. The van der Waals surface area contributed by atoms with E-state index in [4.69, 9.17) is 37.0 Å². The highest BCUT2D eigenvalue weighted by Gasteiger charge is 2.30. The van der Waals surface area contributed by atoms with Gasteiger partial charge in [-0.1, -0.05) is 251 Å². The molecule has 100 heavy (non-hydrogen) atoms. The van der Waals surface area contributed by atoms with Crippen molar-refractivity contribution in [3.63, 3.8) is 0 Å². The summed E-state index contributed by atoms with van der Waals surface area (Å²) in [6.45, 7) is 4.49. The normalized spacial score (nSPS) is 14.7. The molecule has 3 N–H and O–H groups in total. The zero-order valence-electron chi connectivity index (χ0n) is 62.3. The Balaban J connectivity index is 5.39. The van der Waals surface area contributed by atoms with E-state index in [9.17, 15) is 43.2 Å². The van der Waals surface area contributed by atoms with Crippen LogP contribution in [0.15, 0.2) is 134 Å². The summed E-state index contributed by atoms with van der Waals surface area (Å²) in [5, 5.41) is 10.6. The van der Waals surface area contributed by atoms with Crippen LogP contribution in [0.4, 0.5) is 0 Å². The molecule has 19 heteroatoms. The lowest BCUT2D eigenvalue weighted by molar-refractivity contribution is -0.161. The van der Waals surface area contributed by atoms with Crippen molar-refractivity contribution in [1.29, 1.82) is 0 Å². The Bertz CT molecular complexity index is 2420. The van der Waals surface area contributed by atoms with Crippen molar-refractivity contribution in [3.05, 3.63) is 134 Å². The predicted octanol–water partition coefficient (Wildman–Crippen LogP) is 22.1. The van der Waals surface area contributed by atoms with Gasteiger partial charge in [0.05, 0.1) is 26.4 Å². The van der Waals surface area contributed by atoms with Crippen molar-refractivity contribution < 1.29 is 80.2 Å². The second-order valence-electron chi connectivity index (χ2n) is 25.2. The number of hydrogen-bond donors (Lipinski definition) is 3. The Kier molecular flexibility index (Phi) is 69.1. The molecule has 0 saturated heterocycles. The Hall–Kier alpha value is -4.80. The van der Waals surface area contributed by atoms with E-state index in [2.05, 4.69) is 161 Å². The molecule has 0 radical (unpaired) electrons. The first-order valence-electron chi connectivity index (χ1n) is 38.4. The molecule has 0 bridgehead atoms. The van der Waals surface area contributed by atoms with Gasteiger partial charge in [-0.15, -0.1) is 0 Å². The maximum Gasteiger partial charge on any atom is 0.472 e. The topological polar surface area (TPSA) is 237 Å². The molecule has 0 aliphatic heterocycles. The molecule has 0 saturated carbocycles. The highest BCUT2D eigenvalue weighted by Crippen LogP contribution is 2.45. The highest BCUT2D eigenvalue weighted by molar-refractivity contribution is 7.47. The van der Waals surface area contributed by atoms with Gasteiger partial charge in [0, 0.05) is 25.7 Å². The summed E-state index contributed by atoms with van der Waals surface area (Å²) in [6, 6.07) is 0. The lowest BCUT2D eigenvalue weighted by atomic mass is 10.1. The molecule has 17 nitrogen and oxygen atoms in total. The quantitative estimate of drug-likeness (QED) is 0.0169. The number of rotatable bonds is 71. The number of aliphatic hydroxyl groups excluding tert-OH is 1. The molecule has 0 spiro atoms. The summed E-state index contributed by atoms with van der Waals surface area (Å²) in [5.74, 6) is -2.26. The van der Waals surface area contributed by atoms with Crippen molar-refractivity contribution in [1.82, 2.24) is 0 Å². The van der Waals surface area contributed by atoms with Gasteiger partial charge in [-0.2, -0.15) is 0 Å². The number of unbranched alkanes of at least 4 members (excludes halogenated alkanes) is 23. The minimum atomic E-state index is -4.99. The largest absolute Gasteiger partial charge is 0.472 e. The molecule has 0 heterocycles. The zero-order chi connectivity index (χ0) is 73.2. The summed E-state index contributed by atoms with van der Waals surface area (Å²) in [5.41, 5.74) is 0. The van der Waals surface area contributed by atoms with Crippen LogP contribution in [0.5, 0.6) is 0 Å². The Labute approximate surface area is 605 Å². The third-order valence-electron chi connectivity index (χ3n) is 15.6.